The van der Waals surface area contributed by atoms with E-state index < -0.39 is 10.2 Å². The standard InChI is InChI=1S/C18H27N3O3S/c1-2-9-20(12-13-22)25(23,24)21-10-7-15(8-11-21)17-14-19-18-6-4-3-5-16(17)18/h3-6,14-15,19,22H,2,7-13H2,1H3. The average Bonchev–Trinajstić information content (AvgIpc) is 3.06. The lowest BCUT2D eigenvalue weighted by atomic mass is 9.90. The molecule has 0 spiro atoms. The summed E-state index contributed by atoms with van der Waals surface area (Å²) in [5.41, 5.74) is 2.41. The van der Waals surface area contributed by atoms with E-state index in [1.807, 2.05) is 19.1 Å². The van der Waals surface area contributed by atoms with Crippen molar-refractivity contribution in [2.45, 2.75) is 32.1 Å². The van der Waals surface area contributed by atoms with Crippen molar-refractivity contribution in [1.82, 2.24) is 13.6 Å². The minimum atomic E-state index is -3.48. The molecule has 7 heteroatoms. The second-order valence-electron chi connectivity index (χ2n) is 6.59. The zero-order valence-corrected chi connectivity index (χ0v) is 15.5. The fourth-order valence-corrected chi connectivity index (χ4v) is 5.42. The number of nitrogens with zero attached hydrogens (tertiary/aromatic N) is 2. The van der Waals surface area contributed by atoms with Crippen LogP contribution >= 0.6 is 0 Å². The molecule has 0 unspecified atom stereocenters. The Morgan fingerprint density at radius 1 is 1.24 bits per heavy atom. The SMILES string of the molecule is CCCN(CCO)S(=O)(=O)N1CCC(c2c[nH]c3ccccc23)CC1. The molecule has 2 aromatic rings. The Kier molecular flexibility index (Phi) is 5.78. The van der Waals surface area contributed by atoms with E-state index in [0.29, 0.717) is 25.6 Å². The van der Waals surface area contributed by atoms with E-state index in [2.05, 4.69) is 23.3 Å². The molecule has 1 saturated heterocycles. The molecule has 1 aromatic carbocycles. The molecule has 0 bridgehead atoms. The minimum Gasteiger partial charge on any atom is -0.395 e. The van der Waals surface area contributed by atoms with Gasteiger partial charge in [0, 0.05) is 43.3 Å². The second kappa shape index (κ2) is 7.86. The lowest BCUT2D eigenvalue weighted by Gasteiger charge is -2.34. The topological polar surface area (TPSA) is 76.6 Å². The fourth-order valence-electron chi connectivity index (χ4n) is 3.70. The summed E-state index contributed by atoms with van der Waals surface area (Å²) < 4.78 is 28.6. The normalized spacial score (nSPS) is 17.6. The summed E-state index contributed by atoms with van der Waals surface area (Å²) in [6.45, 7) is 3.47. The first kappa shape index (κ1) is 18.4. The highest BCUT2D eigenvalue weighted by Gasteiger charge is 2.33. The third-order valence-corrected chi connectivity index (χ3v) is 7.03. The zero-order chi connectivity index (χ0) is 17.9. The first-order valence-electron chi connectivity index (χ1n) is 9.00. The number of para-hydroxylation sites is 1. The van der Waals surface area contributed by atoms with Gasteiger partial charge in [0.05, 0.1) is 6.61 Å². The first-order valence-corrected chi connectivity index (χ1v) is 10.4. The third-order valence-electron chi connectivity index (χ3n) is 4.99. The summed E-state index contributed by atoms with van der Waals surface area (Å²) in [6.07, 6.45) is 4.44. The van der Waals surface area contributed by atoms with E-state index in [1.54, 1.807) is 4.31 Å². The number of benzene rings is 1. The smallest absolute Gasteiger partial charge is 0.282 e. The van der Waals surface area contributed by atoms with Crippen LogP contribution in [0.1, 0.15) is 37.7 Å². The molecule has 0 aliphatic carbocycles. The van der Waals surface area contributed by atoms with Gasteiger partial charge in [0.2, 0.25) is 0 Å². The molecule has 25 heavy (non-hydrogen) atoms. The average molecular weight is 365 g/mol. The molecule has 3 rings (SSSR count). The van der Waals surface area contributed by atoms with Crippen LogP contribution in [0.15, 0.2) is 30.5 Å². The van der Waals surface area contributed by atoms with Crippen molar-refractivity contribution in [2.75, 3.05) is 32.8 Å². The third kappa shape index (κ3) is 3.74. The van der Waals surface area contributed by atoms with Crippen molar-refractivity contribution in [3.63, 3.8) is 0 Å². The lowest BCUT2D eigenvalue weighted by molar-refractivity contribution is 0.235. The van der Waals surface area contributed by atoms with Gasteiger partial charge in [-0.15, -0.1) is 0 Å². The van der Waals surface area contributed by atoms with E-state index in [0.717, 1.165) is 24.8 Å². The van der Waals surface area contributed by atoms with Crippen LogP contribution in [-0.4, -0.2) is 59.9 Å². The summed E-state index contributed by atoms with van der Waals surface area (Å²) in [4.78, 5) is 3.31. The van der Waals surface area contributed by atoms with Crippen LogP contribution in [0.2, 0.25) is 0 Å². The van der Waals surface area contributed by atoms with Gasteiger partial charge in [-0.1, -0.05) is 25.1 Å². The van der Waals surface area contributed by atoms with Gasteiger partial charge in [-0.2, -0.15) is 17.0 Å². The second-order valence-corrected chi connectivity index (χ2v) is 8.52. The summed E-state index contributed by atoms with van der Waals surface area (Å²) in [7, 11) is -3.48. The highest BCUT2D eigenvalue weighted by molar-refractivity contribution is 7.86. The van der Waals surface area contributed by atoms with Crippen LogP contribution < -0.4 is 0 Å². The lowest BCUT2D eigenvalue weighted by Crippen LogP contribution is -2.48. The molecule has 0 saturated carbocycles. The molecule has 0 amide bonds. The zero-order valence-electron chi connectivity index (χ0n) is 14.7. The van der Waals surface area contributed by atoms with Crippen LogP contribution in [-0.2, 0) is 10.2 Å². The number of rotatable bonds is 7. The predicted octanol–water partition coefficient (Wildman–Crippen LogP) is 2.30. The van der Waals surface area contributed by atoms with E-state index in [1.165, 1.54) is 15.3 Å². The van der Waals surface area contributed by atoms with Gasteiger partial charge in [-0.3, -0.25) is 0 Å². The summed E-state index contributed by atoms with van der Waals surface area (Å²) in [5.74, 6) is 0.375. The minimum absolute atomic E-state index is 0.148. The highest BCUT2D eigenvalue weighted by atomic mass is 32.2. The molecule has 2 heterocycles. The van der Waals surface area contributed by atoms with Gasteiger partial charge in [0.1, 0.15) is 0 Å². The molecule has 2 N–H and O–H groups in total. The number of aromatic nitrogens is 1. The van der Waals surface area contributed by atoms with Crippen molar-refractivity contribution < 1.29 is 13.5 Å². The predicted molar refractivity (Wildman–Crippen MR) is 99.7 cm³/mol. The number of H-pyrrole nitrogens is 1. The number of hydrogen-bond acceptors (Lipinski definition) is 3. The monoisotopic (exact) mass is 365 g/mol. The van der Waals surface area contributed by atoms with Crippen LogP contribution in [0, 0.1) is 0 Å². The maximum Gasteiger partial charge on any atom is 0.282 e. The van der Waals surface area contributed by atoms with Crippen molar-refractivity contribution in [1.29, 1.82) is 0 Å². The Morgan fingerprint density at radius 2 is 1.96 bits per heavy atom. The molecule has 0 radical (unpaired) electrons. The molecule has 0 atom stereocenters. The molecule has 138 valence electrons. The van der Waals surface area contributed by atoms with Gasteiger partial charge in [-0.05, 0) is 36.8 Å². The van der Waals surface area contributed by atoms with Crippen LogP contribution in [0.25, 0.3) is 10.9 Å². The van der Waals surface area contributed by atoms with E-state index in [-0.39, 0.29) is 13.2 Å². The van der Waals surface area contributed by atoms with Gasteiger partial charge >= 0.3 is 0 Å². The molecular formula is C18H27N3O3S. The summed E-state index contributed by atoms with van der Waals surface area (Å²) in [6, 6.07) is 8.24. The van der Waals surface area contributed by atoms with E-state index in [9.17, 15) is 8.42 Å². The fraction of sp³-hybridized carbons (Fsp3) is 0.556. The Balaban J connectivity index is 1.70. The van der Waals surface area contributed by atoms with Crippen LogP contribution in [0.5, 0.6) is 0 Å². The van der Waals surface area contributed by atoms with E-state index >= 15 is 0 Å². The van der Waals surface area contributed by atoms with Crippen molar-refractivity contribution >= 4 is 21.1 Å². The summed E-state index contributed by atoms with van der Waals surface area (Å²) in [5, 5.41) is 10.4. The number of hydrogen-bond donors (Lipinski definition) is 2. The quantitative estimate of drug-likeness (QED) is 0.790. The van der Waals surface area contributed by atoms with Gasteiger partial charge < -0.3 is 10.1 Å². The molecule has 1 fully saturated rings. The Labute approximate surface area is 149 Å². The van der Waals surface area contributed by atoms with Crippen molar-refractivity contribution in [3.05, 3.63) is 36.0 Å². The Morgan fingerprint density at radius 3 is 2.64 bits per heavy atom. The number of aliphatic hydroxyl groups is 1. The molecule has 1 aliphatic rings. The number of aliphatic hydroxyl groups excluding tert-OH is 1. The summed E-state index contributed by atoms with van der Waals surface area (Å²) >= 11 is 0. The van der Waals surface area contributed by atoms with Gasteiger partial charge in [0.25, 0.3) is 10.2 Å². The van der Waals surface area contributed by atoms with Gasteiger partial charge in [0.15, 0.2) is 0 Å². The van der Waals surface area contributed by atoms with Crippen molar-refractivity contribution in [2.24, 2.45) is 0 Å². The largest absolute Gasteiger partial charge is 0.395 e. The van der Waals surface area contributed by atoms with E-state index in [4.69, 9.17) is 5.11 Å². The number of aromatic amines is 1. The first-order chi connectivity index (χ1) is 12.1. The Bertz CT molecular complexity index is 789. The molecule has 1 aliphatic heterocycles. The molecular weight excluding hydrogens is 338 g/mol. The van der Waals surface area contributed by atoms with Crippen LogP contribution in [0.3, 0.4) is 0 Å². The maximum atomic E-state index is 12.8. The van der Waals surface area contributed by atoms with Crippen molar-refractivity contribution in [3.8, 4) is 0 Å². The highest BCUT2D eigenvalue weighted by Crippen LogP contribution is 2.34. The number of nitrogens with one attached hydrogen (secondary N) is 1. The van der Waals surface area contributed by atoms with Crippen LogP contribution in [0.4, 0.5) is 0 Å². The maximum absolute atomic E-state index is 12.8. The Hall–Kier alpha value is -1.41. The number of fused-ring (bicyclic) bond motifs is 1. The molecule has 6 nitrogen and oxygen atoms in total. The molecule has 1 aromatic heterocycles. The number of piperidine rings is 1. The van der Waals surface area contributed by atoms with Gasteiger partial charge in [-0.25, -0.2) is 0 Å².